The maximum atomic E-state index is 4.81. The summed E-state index contributed by atoms with van der Waals surface area (Å²) in [7, 11) is 0. The molecule has 2 aliphatic heterocycles. The number of imidazole rings is 1. The first-order valence-corrected chi connectivity index (χ1v) is 15.8. The van der Waals surface area contributed by atoms with E-state index in [2.05, 4.69) is 49.8 Å². The molecule has 2 saturated heterocycles. The van der Waals surface area contributed by atoms with E-state index in [4.69, 9.17) is 4.98 Å². The summed E-state index contributed by atoms with van der Waals surface area (Å²) in [6, 6.07) is 7.93. The summed E-state index contributed by atoms with van der Waals surface area (Å²) in [5.41, 5.74) is 2.91. The predicted molar refractivity (Wildman–Crippen MR) is 154 cm³/mol. The van der Waals surface area contributed by atoms with Gasteiger partial charge in [-0.3, -0.25) is 9.88 Å². The molecule has 4 fully saturated rings. The molecule has 2 saturated carbocycles. The van der Waals surface area contributed by atoms with E-state index in [1.54, 1.807) is 0 Å². The van der Waals surface area contributed by atoms with Crippen LogP contribution in [0, 0.1) is 18.3 Å². The average molecular weight is 519 g/mol. The van der Waals surface area contributed by atoms with E-state index in [0.29, 0.717) is 11.5 Å². The number of hydrogen-bond donors (Lipinski definition) is 1. The van der Waals surface area contributed by atoms with Crippen LogP contribution in [0.25, 0.3) is 0 Å². The van der Waals surface area contributed by atoms with Crippen molar-refractivity contribution in [1.29, 1.82) is 0 Å². The number of pyridine rings is 1. The Kier molecular flexibility index (Phi) is 8.48. The van der Waals surface area contributed by atoms with Gasteiger partial charge in [0.1, 0.15) is 5.82 Å². The number of piperidine rings is 1. The number of nitrogens with one attached hydrogen (secondary N) is 1. The van der Waals surface area contributed by atoms with E-state index >= 15 is 0 Å². The van der Waals surface area contributed by atoms with Crippen LogP contribution in [0.1, 0.15) is 94.3 Å². The lowest BCUT2D eigenvalue weighted by Crippen LogP contribution is -2.47. The van der Waals surface area contributed by atoms with E-state index in [1.165, 1.54) is 115 Å². The van der Waals surface area contributed by atoms with E-state index in [-0.39, 0.29) is 0 Å². The Morgan fingerprint density at radius 2 is 1.74 bits per heavy atom. The Morgan fingerprint density at radius 3 is 2.47 bits per heavy atom. The molecular weight excluding hydrogens is 468 g/mol. The second-order valence-electron chi connectivity index (χ2n) is 13.2. The smallest absolute Gasteiger partial charge is 0.120 e. The van der Waals surface area contributed by atoms with Gasteiger partial charge in [0.25, 0.3) is 0 Å². The van der Waals surface area contributed by atoms with Gasteiger partial charge in [-0.15, -0.1) is 0 Å². The van der Waals surface area contributed by atoms with Crippen LogP contribution in [-0.4, -0.2) is 74.5 Å². The highest BCUT2D eigenvalue weighted by atomic mass is 15.2. The number of H-pyrrole nitrogens is 1. The molecule has 2 aromatic heterocycles. The van der Waals surface area contributed by atoms with Gasteiger partial charge in [-0.2, -0.15) is 0 Å². The lowest BCUT2D eigenvalue weighted by atomic mass is 9.77. The standard InChI is InChI=1S/C32H50N6/c1-26-6-5-7-28(35-26)23-38(24-31-33-17-18-34-31)30-12-10-27(11-13-30)22-36-19-14-32(25-36)15-20-37(21-16-32)29-8-3-2-4-9-29/h5-7,17-18,27,29-30H,2-4,8-16,19-25H2,1H3,(H,33,34). The van der Waals surface area contributed by atoms with Crippen molar-refractivity contribution in [2.24, 2.45) is 11.3 Å². The average Bonchev–Trinajstić information content (AvgIpc) is 3.60. The van der Waals surface area contributed by atoms with Crippen LogP contribution in [0.5, 0.6) is 0 Å². The SMILES string of the molecule is Cc1cccc(CN(Cc2ncc[nH]2)C2CCC(CN3CCC4(CCN(C5CCCCC5)CC4)C3)CC2)n1. The molecule has 4 aliphatic rings. The zero-order valence-electron chi connectivity index (χ0n) is 23.8. The van der Waals surface area contributed by atoms with Gasteiger partial charge in [0, 0.05) is 49.8 Å². The molecule has 1 spiro atoms. The molecule has 2 aliphatic carbocycles. The Morgan fingerprint density at radius 1 is 0.947 bits per heavy atom. The third-order valence-corrected chi connectivity index (χ3v) is 10.5. The minimum atomic E-state index is 0.618. The molecule has 38 heavy (non-hydrogen) atoms. The minimum Gasteiger partial charge on any atom is -0.348 e. The Hall–Kier alpha value is -1.76. The molecule has 0 atom stereocenters. The number of hydrogen-bond acceptors (Lipinski definition) is 5. The molecule has 0 unspecified atom stereocenters. The summed E-state index contributed by atoms with van der Waals surface area (Å²) in [6.07, 6.45) is 20.8. The highest BCUT2D eigenvalue weighted by Gasteiger charge is 2.42. The van der Waals surface area contributed by atoms with Crippen molar-refractivity contribution >= 4 is 0 Å². The first-order valence-electron chi connectivity index (χ1n) is 15.8. The highest BCUT2D eigenvalue weighted by Crippen LogP contribution is 2.42. The van der Waals surface area contributed by atoms with Crippen molar-refractivity contribution in [2.45, 2.75) is 109 Å². The molecule has 208 valence electrons. The van der Waals surface area contributed by atoms with Crippen LogP contribution in [0.15, 0.2) is 30.6 Å². The number of aromatic nitrogens is 3. The van der Waals surface area contributed by atoms with Crippen molar-refractivity contribution in [3.63, 3.8) is 0 Å². The minimum absolute atomic E-state index is 0.618. The van der Waals surface area contributed by atoms with Gasteiger partial charge in [-0.05, 0) is 108 Å². The second-order valence-corrected chi connectivity index (χ2v) is 13.2. The van der Waals surface area contributed by atoms with Crippen molar-refractivity contribution in [3.8, 4) is 0 Å². The second kappa shape index (κ2) is 12.2. The fourth-order valence-electron chi connectivity index (χ4n) is 8.25. The molecule has 6 heteroatoms. The molecule has 6 nitrogen and oxygen atoms in total. The lowest BCUT2D eigenvalue weighted by molar-refractivity contribution is 0.0589. The maximum absolute atomic E-state index is 4.81. The molecular formula is C32H50N6. The van der Waals surface area contributed by atoms with Gasteiger partial charge in [0.15, 0.2) is 0 Å². The predicted octanol–water partition coefficient (Wildman–Crippen LogP) is 5.79. The van der Waals surface area contributed by atoms with Crippen LogP contribution in [0.4, 0.5) is 0 Å². The van der Waals surface area contributed by atoms with Crippen molar-refractivity contribution < 1.29 is 0 Å². The fraction of sp³-hybridized carbons (Fsp3) is 0.750. The summed E-state index contributed by atoms with van der Waals surface area (Å²) >= 11 is 0. The van der Waals surface area contributed by atoms with Crippen LogP contribution in [0.2, 0.25) is 0 Å². The molecule has 4 heterocycles. The van der Waals surface area contributed by atoms with E-state index in [0.717, 1.165) is 36.6 Å². The zero-order chi connectivity index (χ0) is 25.8. The van der Waals surface area contributed by atoms with E-state index in [9.17, 15) is 0 Å². The first kappa shape index (κ1) is 26.5. The summed E-state index contributed by atoms with van der Waals surface area (Å²) in [5, 5.41) is 0. The third-order valence-electron chi connectivity index (χ3n) is 10.5. The molecule has 6 rings (SSSR count). The van der Waals surface area contributed by atoms with Crippen molar-refractivity contribution in [3.05, 3.63) is 47.8 Å². The number of aromatic amines is 1. The largest absolute Gasteiger partial charge is 0.348 e. The van der Waals surface area contributed by atoms with Crippen molar-refractivity contribution in [2.75, 3.05) is 32.7 Å². The van der Waals surface area contributed by atoms with Crippen LogP contribution < -0.4 is 0 Å². The number of likely N-dealkylation sites (tertiary alicyclic amines) is 2. The molecule has 0 bridgehead atoms. The summed E-state index contributed by atoms with van der Waals surface area (Å²) in [6.45, 7) is 10.7. The summed E-state index contributed by atoms with van der Waals surface area (Å²) < 4.78 is 0. The van der Waals surface area contributed by atoms with Crippen molar-refractivity contribution in [1.82, 2.24) is 29.7 Å². The van der Waals surface area contributed by atoms with Gasteiger partial charge < -0.3 is 14.8 Å². The Bertz CT molecular complexity index is 983. The summed E-state index contributed by atoms with van der Waals surface area (Å²) in [4.78, 5) is 21.0. The van der Waals surface area contributed by atoms with Gasteiger partial charge in [0.2, 0.25) is 0 Å². The Balaban J connectivity index is 0.983. The van der Waals surface area contributed by atoms with Gasteiger partial charge in [0.05, 0.1) is 12.2 Å². The highest BCUT2D eigenvalue weighted by molar-refractivity contribution is 5.10. The maximum Gasteiger partial charge on any atom is 0.120 e. The quantitative estimate of drug-likeness (QED) is 0.479. The topological polar surface area (TPSA) is 51.3 Å². The molecule has 2 aromatic rings. The number of rotatable bonds is 8. The summed E-state index contributed by atoms with van der Waals surface area (Å²) in [5.74, 6) is 1.93. The van der Waals surface area contributed by atoms with E-state index < -0.39 is 0 Å². The normalized spacial score (nSPS) is 27.4. The zero-order valence-corrected chi connectivity index (χ0v) is 23.8. The van der Waals surface area contributed by atoms with Crippen LogP contribution >= 0.6 is 0 Å². The van der Waals surface area contributed by atoms with Gasteiger partial charge in [-0.25, -0.2) is 4.98 Å². The van der Waals surface area contributed by atoms with E-state index in [1.807, 2.05) is 12.4 Å². The third kappa shape index (κ3) is 6.51. The number of aryl methyl sites for hydroxylation is 1. The first-order chi connectivity index (χ1) is 18.6. The molecule has 0 aromatic carbocycles. The van der Waals surface area contributed by atoms with Crippen LogP contribution in [-0.2, 0) is 13.1 Å². The molecule has 0 amide bonds. The number of nitrogens with zero attached hydrogens (tertiary/aromatic N) is 5. The van der Waals surface area contributed by atoms with Gasteiger partial charge in [-0.1, -0.05) is 25.3 Å². The molecule has 0 radical (unpaired) electrons. The Labute approximate surface area is 230 Å². The molecule has 1 N–H and O–H groups in total. The lowest BCUT2D eigenvalue weighted by Gasteiger charge is -2.44. The monoisotopic (exact) mass is 518 g/mol. The van der Waals surface area contributed by atoms with Crippen LogP contribution in [0.3, 0.4) is 0 Å². The fourth-order valence-corrected chi connectivity index (χ4v) is 8.25. The van der Waals surface area contributed by atoms with Gasteiger partial charge >= 0.3 is 0 Å².